The number of rotatable bonds is 1. The molecule has 0 spiro atoms. The number of hydrogen-bond acceptors (Lipinski definition) is 1. The van der Waals surface area contributed by atoms with Crippen molar-refractivity contribution in [3.05, 3.63) is 35.4 Å². The van der Waals surface area contributed by atoms with Crippen molar-refractivity contribution in [2.24, 2.45) is 0 Å². The average molecular weight is 187 g/mol. The maximum absolute atomic E-state index is 2.67. The van der Waals surface area contributed by atoms with Crippen molar-refractivity contribution in [2.75, 3.05) is 6.54 Å². The van der Waals surface area contributed by atoms with Gasteiger partial charge in [0.05, 0.1) is 0 Å². The molecular weight excluding hydrogens is 170 g/mol. The van der Waals surface area contributed by atoms with E-state index < -0.39 is 0 Å². The summed E-state index contributed by atoms with van der Waals surface area (Å²) in [6, 6.07) is 10.5. The van der Waals surface area contributed by atoms with Crippen LogP contribution in [0, 0.1) is 0 Å². The van der Waals surface area contributed by atoms with Gasteiger partial charge in [0.25, 0.3) is 0 Å². The lowest BCUT2D eigenvalue weighted by Crippen LogP contribution is -2.29. The fraction of sp³-hybridized carbons (Fsp3) is 0.538. The number of nitrogens with zero attached hydrogens (tertiary/aromatic N) is 1. The fourth-order valence-electron chi connectivity index (χ4n) is 3.28. The molecule has 1 nitrogen and oxygen atoms in total. The second kappa shape index (κ2) is 3.09. The van der Waals surface area contributed by atoms with Gasteiger partial charge < -0.3 is 0 Å². The molecule has 0 saturated carbocycles. The Labute approximate surface area is 85.7 Å². The van der Waals surface area contributed by atoms with Gasteiger partial charge in [-0.05, 0) is 36.9 Å². The van der Waals surface area contributed by atoms with Gasteiger partial charge in [0.2, 0.25) is 0 Å². The third kappa shape index (κ3) is 0.992. The standard InChI is InChI=1S/C13H17N/c1-2-14-12-8-5-9-13(14)11-7-4-3-6-10(11)12/h3-4,6-7,12-13H,2,5,8-9H2,1H3. The molecule has 1 aromatic rings. The molecule has 74 valence electrons. The van der Waals surface area contributed by atoms with E-state index in [0.717, 1.165) is 12.1 Å². The van der Waals surface area contributed by atoms with E-state index in [2.05, 4.69) is 36.1 Å². The summed E-state index contributed by atoms with van der Waals surface area (Å²) in [5.41, 5.74) is 3.22. The molecule has 0 aromatic heterocycles. The minimum atomic E-state index is 0.731. The molecule has 2 bridgehead atoms. The van der Waals surface area contributed by atoms with Crippen LogP contribution in [0.4, 0.5) is 0 Å². The Kier molecular flexibility index (Phi) is 1.88. The maximum Gasteiger partial charge on any atom is 0.0357 e. The largest absolute Gasteiger partial charge is 0.290 e. The van der Waals surface area contributed by atoms with Crippen LogP contribution in [-0.2, 0) is 0 Å². The highest BCUT2D eigenvalue weighted by molar-refractivity contribution is 5.38. The molecule has 0 radical (unpaired) electrons. The first-order valence-electron chi connectivity index (χ1n) is 5.76. The Morgan fingerprint density at radius 3 is 2.21 bits per heavy atom. The Morgan fingerprint density at radius 1 is 1.14 bits per heavy atom. The predicted molar refractivity (Wildman–Crippen MR) is 58.2 cm³/mol. The van der Waals surface area contributed by atoms with Crippen molar-refractivity contribution in [3.63, 3.8) is 0 Å². The molecule has 1 aromatic carbocycles. The summed E-state index contributed by atoms with van der Waals surface area (Å²) in [7, 11) is 0. The summed E-state index contributed by atoms with van der Waals surface area (Å²) in [6.45, 7) is 3.49. The second-order valence-corrected chi connectivity index (χ2v) is 4.42. The third-order valence-electron chi connectivity index (χ3n) is 3.83. The average Bonchev–Trinajstić information content (AvgIpc) is 2.43. The van der Waals surface area contributed by atoms with Gasteiger partial charge >= 0.3 is 0 Å². The first kappa shape index (κ1) is 8.49. The number of fused-ring (bicyclic) bond motifs is 5. The molecule has 2 aliphatic rings. The summed E-state index contributed by atoms with van der Waals surface area (Å²) in [5.74, 6) is 0. The van der Waals surface area contributed by atoms with Gasteiger partial charge in [0, 0.05) is 12.1 Å². The SMILES string of the molecule is CCN1C2CCCC1c1ccccc12. The van der Waals surface area contributed by atoms with E-state index in [1.807, 2.05) is 0 Å². The molecule has 0 N–H and O–H groups in total. The van der Waals surface area contributed by atoms with E-state index in [4.69, 9.17) is 0 Å². The minimum Gasteiger partial charge on any atom is -0.290 e. The van der Waals surface area contributed by atoms with Crippen LogP contribution in [0.15, 0.2) is 24.3 Å². The van der Waals surface area contributed by atoms with Crippen LogP contribution >= 0.6 is 0 Å². The lowest BCUT2D eigenvalue weighted by molar-refractivity contribution is 0.117. The molecule has 1 saturated heterocycles. The second-order valence-electron chi connectivity index (χ2n) is 4.42. The zero-order chi connectivity index (χ0) is 9.54. The van der Waals surface area contributed by atoms with Crippen LogP contribution in [-0.4, -0.2) is 11.4 Å². The summed E-state index contributed by atoms with van der Waals surface area (Å²) < 4.78 is 0. The smallest absolute Gasteiger partial charge is 0.0357 e. The number of hydrogen-bond donors (Lipinski definition) is 0. The van der Waals surface area contributed by atoms with Gasteiger partial charge in [-0.1, -0.05) is 31.2 Å². The van der Waals surface area contributed by atoms with Gasteiger partial charge in [-0.3, -0.25) is 4.90 Å². The zero-order valence-corrected chi connectivity index (χ0v) is 8.74. The summed E-state index contributed by atoms with van der Waals surface area (Å²) in [5, 5.41) is 0. The highest BCUT2D eigenvalue weighted by atomic mass is 15.2. The third-order valence-corrected chi connectivity index (χ3v) is 3.83. The van der Waals surface area contributed by atoms with Crippen molar-refractivity contribution in [1.82, 2.24) is 4.90 Å². The summed E-state index contributed by atoms with van der Waals surface area (Å²) in [4.78, 5) is 2.67. The van der Waals surface area contributed by atoms with Gasteiger partial charge in [-0.15, -0.1) is 0 Å². The quantitative estimate of drug-likeness (QED) is 0.652. The fourth-order valence-corrected chi connectivity index (χ4v) is 3.28. The Balaban J connectivity index is 2.11. The normalized spacial score (nSPS) is 30.4. The van der Waals surface area contributed by atoms with Gasteiger partial charge in [0.15, 0.2) is 0 Å². The maximum atomic E-state index is 2.67. The molecule has 0 amide bonds. The summed E-state index contributed by atoms with van der Waals surface area (Å²) in [6.07, 6.45) is 4.13. The van der Waals surface area contributed by atoms with E-state index in [9.17, 15) is 0 Å². The first-order valence-corrected chi connectivity index (χ1v) is 5.76. The Hall–Kier alpha value is -0.820. The lowest BCUT2D eigenvalue weighted by Gasteiger charge is -2.34. The molecule has 2 atom stereocenters. The molecule has 2 unspecified atom stereocenters. The van der Waals surface area contributed by atoms with Crippen molar-refractivity contribution >= 4 is 0 Å². The lowest BCUT2D eigenvalue weighted by atomic mass is 10.0. The van der Waals surface area contributed by atoms with Crippen LogP contribution in [0.3, 0.4) is 0 Å². The zero-order valence-electron chi connectivity index (χ0n) is 8.74. The molecule has 2 heterocycles. The van der Waals surface area contributed by atoms with Crippen LogP contribution in [0.5, 0.6) is 0 Å². The van der Waals surface area contributed by atoms with Crippen LogP contribution in [0.2, 0.25) is 0 Å². The minimum absolute atomic E-state index is 0.731. The topological polar surface area (TPSA) is 3.24 Å². The van der Waals surface area contributed by atoms with Gasteiger partial charge in [-0.25, -0.2) is 0 Å². The molecule has 2 aliphatic heterocycles. The molecule has 14 heavy (non-hydrogen) atoms. The predicted octanol–water partition coefficient (Wildman–Crippen LogP) is 3.29. The monoisotopic (exact) mass is 187 g/mol. The van der Waals surface area contributed by atoms with Crippen LogP contribution in [0.1, 0.15) is 49.4 Å². The molecule has 1 heteroatoms. The summed E-state index contributed by atoms with van der Waals surface area (Å²) >= 11 is 0. The van der Waals surface area contributed by atoms with E-state index >= 15 is 0 Å². The highest BCUT2D eigenvalue weighted by Crippen LogP contribution is 2.49. The molecule has 0 aliphatic carbocycles. The van der Waals surface area contributed by atoms with E-state index in [1.54, 1.807) is 11.1 Å². The van der Waals surface area contributed by atoms with Crippen molar-refractivity contribution < 1.29 is 0 Å². The highest BCUT2D eigenvalue weighted by Gasteiger charge is 2.39. The molecule has 3 rings (SSSR count). The molecule has 1 fully saturated rings. The van der Waals surface area contributed by atoms with Crippen molar-refractivity contribution in [3.8, 4) is 0 Å². The van der Waals surface area contributed by atoms with Gasteiger partial charge in [0.1, 0.15) is 0 Å². The van der Waals surface area contributed by atoms with Gasteiger partial charge in [-0.2, -0.15) is 0 Å². The van der Waals surface area contributed by atoms with E-state index in [1.165, 1.54) is 25.8 Å². The Morgan fingerprint density at radius 2 is 1.71 bits per heavy atom. The van der Waals surface area contributed by atoms with Crippen molar-refractivity contribution in [2.45, 2.75) is 38.3 Å². The van der Waals surface area contributed by atoms with E-state index in [0.29, 0.717) is 0 Å². The first-order chi connectivity index (χ1) is 6.92. The van der Waals surface area contributed by atoms with Crippen molar-refractivity contribution in [1.29, 1.82) is 0 Å². The van der Waals surface area contributed by atoms with Crippen LogP contribution < -0.4 is 0 Å². The van der Waals surface area contributed by atoms with Crippen LogP contribution in [0.25, 0.3) is 0 Å². The van der Waals surface area contributed by atoms with E-state index in [-0.39, 0.29) is 0 Å². The molecular formula is C13H17N. The Bertz CT molecular complexity index is 314. The number of piperidine rings is 1. The number of benzene rings is 1.